The Morgan fingerprint density at radius 1 is 1.21 bits per heavy atom. The molecular formula is C18H18N2O4. The van der Waals surface area contributed by atoms with Gasteiger partial charge in [0.2, 0.25) is 0 Å². The van der Waals surface area contributed by atoms with Gasteiger partial charge in [0.25, 0.3) is 0 Å². The quantitative estimate of drug-likeness (QED) is 0.446. The summed E-state index contributed by atoms with van der Waals surface area (Å²) >= 11 is 0. The topological polar surface area (TPSA) is 93.8 Å². The third-order valence-corrected chi connectivity index (χ3v) is 3.05. The number of carboxylic acid groups (broad SMARTS) is 1. The number of nitrogens with two attached hydrogens (primary N) is 1. The van der Waals surface area contributed by atoms with Crippen LogP contribution in [-0.2, 0) is 4.74 Å². The van der Waals surface area contributed by atoms with Gasteiger partial charge in [-0.25, -0.2) is 4.79 Å². The molecule has 6 nitrogen and oxygen atoms in total. The van der Waals surface area contributed by atoms with E-state index in [1.54, 1.807) is 13.2 Å². The molecule has 2 aromatic rings. The van der Waals surface area contributed by atoms with Crippen molar-refractivity contribution >= 4 is 17.5 Å². The standard InChI is InChI=1S/C18H18N2O4/c1-23-9-10-24-17-12-16(20-18(21)22)15(19)11-14(17)8-7-13-5-3-2-4-6-13/h2-6,11-12,20H,9-10,19H2,1H3,(H,21,22). The van der Waals surface area contributed by atoms with E-state index in [0.717, 1.165) is 5.56 Å². The van der Waals surface area contributed by atoms with Gasteiger partial charge in [0.15, 0.2) is 0 Å². The minimum atomic E-state index is -1.20. The lowest BCUT2D eigenvalue weighted by molar-refractivity contribution is 0.146. The van der Waals surface area contributed by atoms with E-state index in [9.17, 15) is 4.79 Å². The lowest BCUT2D eigenvalue weighted by Gasteiger charge is -2.12. The molecule has 4 N–H and O–H groups in total. The lowest BCUT2D eigenvalue weighted by atomic mass is 10.1. The summed E-state index contributed by atoms with van der Waals surface area (Å²) in [6.07, 6.45) is -1.20. The number of nitrogens with one attached hydrogen (secondary N) is 1. The van der Waals surface area contributed by atoms with E-state index in [1.807, 2.05) is 30.3 Å². The molecule has 0 radical (unpaired) electrons. The fourth-order valence-corrected chi connectivity index (χ4v) is 1.93. The van der Waals surface area contributed by atoms with E-state index < -0.39 is 6.09 Å². The molecular weight excluding hydrogens is 308 g/mol. The molecule has 0 aliphatic rings. The normalized spacial score (nSPS) is 9.71. The maximum atomic E-state index is 10.8. The van der Waals surface area contributed by atoms with Crippen LogP contribution in [0.4, 0.5) is 16.2 Å². The number of hydrogen-bond donors (Lipinski definition) is 3. The van der Waals surface area contributed by atoms with Crippen molar-refractivity contribution in [2.24, 2.45) is 0 Å². The largest absolute Gasteiger partial charge is 0.490 e. The van der Waals surface area contributed by atoms with Crippen molar-refractivity contribution in [3.05, 3.63) is 53.6 Å². The number of hydrogen-bond acceptors (Lipinski definition) is 4. The van der Waals surface area contributed by atoms with E-state index in [0.29, 0.717) is 24.5 Å². The lowest BCUT2D eigenvalue weighted by Crippen LogP contribution is -2.11. The predicted octanol–water partition coefficient (Wildman–Crippen LogP) is 2.78. The van der Waals surface area contributed by atoms with Crippen molar-refractivity contribution in [3.63, 3.8) is 0 Å². The van der Waals surface area contributed by atoms with E-state index in [1.165, 1.54) is 6.07 Å². The highest BCUT2D eigenvalue weighted by Crippen LogP contribution is 2.29. The number of nitrogen functional groups attached to an aromatic ring is 1. The van der Waals surface area contributed by atoms with Crippen molar-refractivity contribution in [2.45, 2.75) is 0 Å². The van der Waals surface area contributed by atoms with Crippen LogP contribution >= 0.6 is 0 Å². The van der Waals surface area contributed by atoms with Gasteiger partial charge in [0.1, 0.15) is 12.4 Å². The Labute approximate surface area is 140 Å². The molecule has 0 aromatic heterocycles. The van der Waals surface area contributed by atoms with Crippen LogP contribution in [0.5, 0.6) is 5.75 Å². The molecule has 0 spiro atoms. The third-order valence-electron chi connectivity index (χ3n) is 3.05. The van der Waals surface area contributed by atoms with Crippen LogP contribution in [0.3, 0.4) is 0 Å². The molecule has 0 aliphatic carbocycles. The molecule has 0 heterocycles. The Kier molecular flexibility index (Phi) is 6.06. The summed E-state index contributed by atoms with van der Waals surface area (Å²) in [6.45, 7) is 0.713. The van der Waals surface area contributed by atoms with Gasteiger partial charge in [-0.1, -0.05) is 30.0 Å². The van der Waals surface area contributed by atoms with Gasteiger partial charge >= 0.3 is 6.09 Å². The SMILES string of the molecule is COCCOc1cc(NC(=O)O)c(N)cc1C#Cc1ccccc1. The first-order valence-corrected chi connectivity index (χ1v) is 7.22. The summed E-state index contributed by atoms with van der Waals surface area (Å²) in [5.41, 5.74) is 7.84. The summed E-state index contributed by atoms with van der Waals surface area (Å²) in [5.74, 6) is 6.47. The summed E-state index contributed by atoms with van der Waals surface area (Å²) in [4.78, 5) is 10.8. The fraction of sp³-hybridized carbons (Fsp3) is 0.167. The molecule has 0 saturated heterocycles. The molecule has 0 unspecified atom stereocenters. The van der Waals surface area contributed by atoms with Gasteiger partial charge in [-0.15, -0.1) is 0 Å². The molecule has 24 heavy (non-hydrogen) atoms. The number of ether oxygens (including phenoxy) is 2. The Balaban J connectivity index is 2.35. The van der Waals surface area contributed by atoms with E-state index in [2.05, 4.69) is 17.2 Å². The smallest absolute Gasteiger partial charge is 0.409 e. The zero-order valence-corrected chi connectivity index (χ0v) is 13.2. The maximum Gasteiger partial charge on any atom is 0.409 e. The maximum absolute atomic E-state index is 10.8. The second-order valence-corrected chi connectivity index (χ2v) is 4.82. The Morgan fingerprint density at radius 2 is 1.96 bits per heavy atom. The number of methoxy groups -OCH3 is 1. The molecule has 0 saturated carbocycles. The van der Waals surface area contributed by atoms with Gasteiger partial charge in [0, 0.05) is 18.7 Å². The van der Waals surface area contributed by atoms with E-state index in [4.69, 9.17) is 20.3 Å². The summed E-state index contributed by atoms with van der Waals surface area (Å²) in [5, 5.41) is 11.1. The summed E-state index contributed by atoms with van der Waals surface area (Å²) < 4.78 is 10.6. The Hall–Kier alpha value is -3.17. The minimum Gasteiger partial charge on any atom is -0.490 e. The molecule has 0 bridgehead atoms. The van der Waals surface area contributed by atoms with Crippen LogP contribution in [0.25, 0.3) is 0 Å². The molecule has 2 rings (SSSR count). The Bertz CT molecular complexity index is 764. The van der Waals surface area contributed by atoms with Crippen LogP contribution in [0.1, 0.15) is 11.1 Å². The minimum absolute atomic E-state index is 0.250. The molecule has 124 valence electrons. The number of benzene rings is 2. The monoisotopic (exact) mass is 326 g/mol. The van der Waals surface area contributed by atoms with Crippen LogP contribution in [-0.4, -0.2) is 31.5 Å². The third kappa shape index (κ3) is 4.93. The number of amides is 1. The zero-order valence-electron chi connectivity index (χ0n) is 13.2. The van der Waals surface area contributed by atoms with Crippen LogP contribution in [0.15, 0.2) is 42.5 Å². The van der Waals surface area contributed by atoms with E-state index >= 15 is 0 Å². The van der Waals surface area contributed by atoms with Crippen molar-refractivity contribution in [1.29, 1.82) is 0 Å². The van der Waals surface area contributed by atoms with Crippen molar-refractivity contribution in [2.75, 3.05) is 31.4 Å². The number of anilines is 2. The molecule has 2 aromatic carbocycles. The van der Waals surface area contributed by atoms with Crippen molar-refractivity contribution in [3.8, 4) is 17.6 Å². The first-order valence-electron chi connectivity index (χ1n) is 7.22. The zero-order chi connectivity index (χ0) is 17.4. The van der Waals surface area contributed by atoms with Gasteiger partial charge in [-0.3, -0.25) is 5.32 Å². The van der Waals surface area contributed by atoms with Crippen molar-refractivity contribution < 1.29 is 19.4 Å². The van der Waals surface area contributed by atoms with Crippen LogP contribution in [0.2, 0.25) is 0 Å². The highest BCUT2D eigenvalue weighted by atomic mass is 16.5. The first kappa shape index (κ1) is 17.2. The van der Waals surface area contributed by atoms with Crippen LogP contribution < -0.4 is 15.8 Å². The fourth-order valence-electron chi connectivity index (χ4n) is 1.93. The van der Waals surface area contributed by atoms with Crippen LogP contribution in [0, 0.1) is 11.8 Å². The highest BCUT2D eigenvalue weighted by molar-refractivity contribution is 5.88. The summed E-state index contributed by atoms with van der Waals surface area (Å²) in [7, 11) is 1.57. The predicted molar refractivity (Wildman–Crippen MR) is 92.3 cm³/mol. The van der Waals surface area contributed by atoms with Gasteiger partial charge < -0.3 is 20.3 Å². The average molecular weight is 326 g/mol. The van der Waals surface area contributed by atoms with Gasteiger partial charge in [-0.05, 0) is 18.2 Å². The van der Waals surface area contributed by atoms with Gasteiger partial charge in [0.05, 0.1) is 23.5 Å². The molecule has 1 amide bonds. The second kappa shape index (κ2) is 8.46. The molecule has 0 aliphatic heterocycles. The molecule has 0 atom stereocenters. The molecule has 6 heteroatoms. The van der Waals surface area contributed by atoms with E-state index in [-0.39, 0.29) is 11.4 Å². The summed E-state index contributed by atoms with van der Waals surface area (Å²) in [6, 6.07) is 12.6. The number of carbonyl (C=O) groups is 1. The first-order chi connectivity index (χ1) is 11.6. The Morgan fingerprint density at radius 3 is 2.62 bits per heavy atom. The number of rotatable bonds is 5. The highest BCUT2D eigenvalue weighted by Gasteiger charge is 2.10. The average Bonchev–Trinajstić information content (AvgIpc) is 2.57. The van der Waals surface area contributed by atoms with Crippen molar-refractivity contribution in [1.82, 2.24) is 0 Å². The van der Waals surface area contributed by atoms with Gasteiger partial charge in [-0.2, -0.15) is 0 Å². The molecule has 0 fully saturated rings. The second-order valence-electron chi connectivity index (χ2n) is 4.82.